The number of carbonyl (C=O) groups excluding carboxylic acids is 1. The van der Waals surface area contributed by atoms with Crippen LogP contribution in [0.1, 0.15) is 29.3 Å². The number of nitrogens with one attached hydrogen (secondary N) is 1. The summed E-state index contributed by atoms with van der Waals surface area (Å²) in [6.45, 7) is 0.642. The summed E-state index contributed by atoms with van der Waals surface area (Å²) in [5.41, 5.74) is 1.03. The molecule has 6 nitrogen and oxygen atoms in total. The predicted octanol–water partition coefficient (Wildman–Crippen LogP) is 4.06. The summed E-state index contributed by atoms with van der Waals surface area (Å²) in [5, 5.41) is 5.19. The number of thiophene rings is 1. The van der Waals surface area contributed by atoms with Crippen LogP contribution in [-0.4, -0.2) is 38.8 Å². The SMILES string of the molecule is COc1ccc(S(=O)(=O)N2CCC(C(=O)N[C@@H](c3ccccc3)c3cccs3)CC2)cc1. The smallest absolute Gasteiger partial charge is 0.243 e. The van der Waals surface area contributed by atoms with E-state index in [2.05, 4.69) is 5.32 Å². The van der Waals surface area contributed by atoms with Crippen molar-refractivity contribution in [1.82, 2.24) is 9.62 Å². The minimum atomic E-state index is -3.59. The molecule has 1 fully saturated rings. The lowest BCUT2D eigenvalue weighted by Gasteiger charge is -2.31. The van der Waals surface area contributed by atoms with E-state index in [4.69, 9.17) is 4.74 Å². The highest BCUT2D eigenvalue weighted by Gasteiger charge is 2.33. The molecule has 168 valence electrons. The summed E-state index contributed by atoms with van der Waals surface area (Å²) in [6, 6.07) is 20.1. The first-order chi connectivity index (χ1) is 15.5. The minimum Gasteiger partial charge on any atom is -0.497 e. The number of benzene rings is 2. The molecular formula is C24H26N2O4S2. The third kappa shape index (κ3) is 4.87. The van der Waals surface area contributed by atoms with Crippen LogP contribution in [0.2, 0.25) is 0 Å². The van der Waals surface area contributed by atoms with Gasteiger partial charge in [0.25, 0.3) is 0 Å². The van der Waals surface area contributed by atoms with Gasteiger partial charge in [0, 0.05) is 23.9 Å². The number of methoxy groups -OCH3 is 1. The Bertz CT molecular complexity index is 1120. The second-order valence-corrected chi connectivity index (χ2v) is 10.6. The van der Waals surface area contributed by atoms with Gasteiger partial charge in [0.2, 0.25) is 15.9 Å². The standard InChI is InChI=1S/C24H26N2O4S2/c1-30-20-9-11-21(12-10-20)32(28,29)26-15-13-19(14-16-26)24(27)25-23(22-8-5-17-31-22)18-6-3-2-4-7-18/h2-12,17,19,23H,13-16H2,1H3,(H,25,27)/t23-/m0/s1. The van der Waals surface area contributed by atoms with Gasteiger partial charge in [-0.1, -0.05) is 36.4 Å². The van der Waals surface area contributed by atoms with Gasteiger partial charge in [-0.15, -0.1) is 11.3 Å². The van der Waals surface area contributed by atoms with Crippen molar-refractivity contribution < 1.29 is 17.9 Å². The summed E-state index contributed by atoms with van der Waals surface area (Å²) in [7, 11) is -2.05. The lowest BCUT2D eigenvalue weighted by Crippen LogP contribution is -2.43. The molecule has 1 aromatic heterocycles. The van der Waals surface area contributed by atoms with Crippen molar-refractivity contribution in [3.8, 4) is 5.75 Å². The zero-order valence-corrected chi connectivity index (χ0v) is 19.4. The van der Waals surface area contributed by atoms with E-state index >= 15 is 0 Å². The Labute approximate surface area is 192 Å². The third-order valence-electron chi connectivity index (χ3n) is 5.77. The Kier molecular flexibility index (Phi) is 6.93. The molecule has 1 N–H and O–H groups in total. The monoisotopic (exact) mass is 470 g/mol. The van der Waals surface area contributed by atoms with Crippen molar-refractivity contribution in [3.63, 3.8) is 0 Å². The van der Waals surface area contributed by atoms with E-state index in [1.807, 2.05) is 47.8 Å². The molecule has 0 radical (unpaired) electrons. The van der Waals surface area contributed by atoms with E-state index in [1.54, 1.807) is 42.7 Å². The van der Waals surface area contributed by atoms with Crippen LogP contribution in [0.5, 0.6) is 5.75 Å². The van der Waals surface area contributed by atoms with Crippen LogP contribution in [0.4, 0.5) is 0 Å². The van der Waals surface area contributed by atoms with Crippen molar-refractivity contribution in [3.05, 3.63) is 82.6 Å². The number of rotatable bonds is 7. The highest BCUT2D eigenvalue weighted by atomic mass is 32.2. The molecule has 0 unspecified atom stereocenters. The largest absolute Gasteiger partial charge is 0.497 e. The Morgan fingerprint density at radius 3 is 2.31 bits per heavy atom. The molecule has 8 heteroatoms. The lowest BCUT2D eigenvalue weighted by atomic mass is 9.96. The number of piperidine rings is 1. The Hall–Kier alpha value is -2.68. The second-order valence-electron chi connectivity index (χ2n) is 7.72. The van der Waals surface area contributed by atoms with Gasteiger partial charge in [0.15, 0.2) is 0 Å². The zero-order chi connectivity index (χ0) is 22.6. The number of amides is 1. The Morgan fingerprint density at radius 2 is 1.72 bits per heavy atom. The molecule has 0 bridgehead atoms. The van der Waals surface area contributed by atoms with Crippen molar-refractivity contribution >= 4 is 27.3 Å². The van der Waals surface area contributed by atoms with Crippen molar-refractivity contribution in [2.24, 2.45) is 5.92 Å². The first-order valence-electron chi connectivity index (χ1n) is 10.5. The van der Waals surface area contributed by atoms with Gasteiger partial charge >= 0.3 is 0 Å². The fourth-order valence-corrected chi connectivity index (χ4v) is 6.21. The van der Waals surface area contributed by atoms with Crippen LogP contribution >= 0.6 is 11.3 Å². The summed E-state index contributed by atoms with van der Waals surface area (Å²) in [5.74, 6) is 0.357. The summed E-state index contributed by atoms with van der Waals surface area (Å²) >= 11 is 1.61. The van der Waals surface area contributed by atoms with Gasteiger partial charge < -0.3 is 10.1 Å². The molecule has 1 atom stereocenters. The quantitative estimate of drug-likeness (QED) is 0.565. The maximum Gasteiger partial charge on any atom is 0.243 e. The predicted molar refractivity (Wildman–Crippen MR) is 125 cm³/mol. The van der Waals surface area contributed by atoms with E-state index < -0.39 is 10.0 Å². The molecule has 1 aliphatic heterocycles. The number of sulfonamides is 1. The van der Waals surface area contributed by atoms with E-state index in [-0.39, 0.29) is 22.8 Å². The van der Waals surface area contributed by atoms with Crippen LogP contribution in [0.15, 0.2) is 77.0 Å². The number of ether oxygens (including phenoxy) is 1. The highest BCUT2D eigenvalue weighted by Crippen LogP contribution is 2.29. The topological polar surface area (TPSA) is 75.7 Å². The number of hydrogen-bond acceptors (Lipinski definition) is 5. The van der Waals surface area contributed by atoms with Crippen LogP contribution in [0.25, 0.3) is 0 Å². The highest BCUT2D eigenvalue weighted by molar-refractivity contribution is 7.89. The molecule has 0 saturated carbocycles. The van der Waals surface area contributed by atoms with Crippen LogP contribution < -0.4 is 10.1 Å². The van der Waals surface area contributed by atoms with Crippen LogP contribution in [0, 0.1) is 5.92 Å². The molecule has 0 aliphatic carbocycles. The van der Waals surface area contributed by atoms with Gasteiger partial charge in [-0.05, 0) is 54.1 Å². The van der Waals surface area contributed by atoms with Gasteiger partial charge in [-0.2, -0.15) is 4.31 Å². The fourth-order valence-electron chi connectivity index (χ4n) is 3.93. The number of hydrogen-bond donors (Lipinski definition) is 1. The molecule has 32 heavy (non-hydrogen) atoms. The average molecular weight is 471 g/mol. The van der Waals surface area contributed by atoms with Gasteiger partial charge in [0.1, 0.15) is 5.75 Å². The maximum atomic E-state index is 13.1. The molecule has 1 amide bonds. The molecule has 2 aromatic carbocycles. The normalized spacial score (nSPS) is 16.4. The van der Waals surface area contributed by atoms with Gasteiger partial charge in [0.05, 0.1) is 18.0 Å². The van der Waals surface area contributed by atoms with Gasteiger partial charge in [-0.3, -0.25) is 4.79 Å². The molecule has 4 rings (SSSR count). The van der Waals surface area contributed by atoms with E-state index in [0.29, 0.717) is 31.7 Å². The van der Waals surface area contributed by atoms with Crippen molar-refractivity contribution in [1.29, 1.82) is 0 Å². The molecule has 1 aliphatic rings. The average Bonchev–Trinajstić information content (AvgIpc) is 3.38. The molecule has 2 heterocycles. The first kappa shape index (κ1) is 22.5. The first-order valence-corrected chi connectivity index (χ1v) is 12.8. The molecule has 0 spiro atoms. The summed E-state index contributed by atoms with van der Waals surface area (Å²) < 4.78 is 32.5. The molecule has 3 aromatic rings. The Balaban J connectivity index is 1.41. The van der Waals surface area contributed by atoms with Gasteiger partial charge in [-0.25, -0.2) is 8.42 Å². The number of carbonyl (C=O) groups is 1. The summed E-state index contributed by atoms with van der Waals surface area (Å²) in [6.07, 6.45) is 0.986. The van der Waals surface area contributed by atoms with E-state index in [9.17, 15) is 13.2 Å². The van der Waals surface area contributed by atoms with E-state index in [0.717, 1.165) is 10.4 Å². The zero-order valence-electron chi connectivity index (χ0n) is 17.8. The van der Waals surface area contributed by atoms with Crippen LogP contribution in [-0.2, 0) is 14.8 Å². The van der Waals surface area contributed by atoms with Crippen molar-refractivity contribution in [2.75, 3.05) is 20.2 Å². The lowest BCUT2D eigenvalue weighted by molar-refractivity contribution is -0.126. The maximum absolute atomic E-state index is 13.1. The molecule has 1 saturated heterocycles. The Morgan fingerprint density at radius 1 is 1.03 bits per heavy atom. The minimum absolute atomic E-state index is 0.0336. The summed E-state index contributed by atoms with van der Waals surface area (Å²) in [4.78, 5) is 14.4. The van der Waals surface area contributed by atoms with Crippen LogP contribution in [0.3, 0.4) is 0 Å². The second kappa shape index (κ2) is 9.85. The number of nitrogens with zero attached hydrogens (tertiary/aromatic N) is 1. The van der Waals surface area contributed by atoms with Crippen molar-refractivity contribution in [2.45, 2.75) is 23.8 Å². The fraction of sp³-hybridized carbons (Fsp3) is 0.292. The molecular weight excluding hydrogens is 444 g/mol. The van der Waals surface area contributed by atoms with E-state index in [1.165, 1.54) is 4.31 Å². The third-order valence-corrected chi connectivity index (χ3v) is 8.62.